The average molecular weight is 314 g/mol. The van der Waals surface area contributed by atoms with Crippen molar-refractivity contribution in [2.75, 3.05) is 12.8 Å². The van der Waals surface area contributed by atoms with Gasteiger partial charge in [0, 0.05) is 38.6 Å². The lowest BCUT2D eigenvalue weighted by atomic mass is 10.2. The number of nitrogens with one attached hydrogen (secondary N) is 1. The molecule has 1 aliphatic heterocycles. The van der Waals surface area contributed by atoms with E-state index in [0.717, 1.165) is 11.3 Å². The number of carbonyl (C=O) groups excluding carboxylic acids is 1. The van der Waals surface area contributed by atoms with Gasteiger partial charge in [0.2, 0.25) is 5.91 Å². The summed E-state index contributed by atoms with van der Waals surface area (Å²) in [5, 5.41) is 3.39. The van der Waals surface area contributed by atoms with Crippen LogP contribution in [-0.4, -0.2) is 39.1 Å². The summed E-state index contributed by atoms with van der Waals surface area (Å²) in [4.78, 5) is 16.7. The van der Waals surface area contributed by atoms with Crippen molar-refractivity contribution in [3.63, 3.8) is 0 Å². The molecule has 4 atom stereocenters. The maximum Gasteiger partial charge on any atom is 0.241 e. The molecular weight excluding hydrogens is 292 g/mol. The summed E-state index contributed by atoms with van der Waals surface area (Å²) in [7, 11) is -0.919. The van der Waals surface area contributed by atoms with Crippen molar-refractivity contribution in [2.24, 2.45) is 0 Å². The minimum absolute atomic E-state index is 0.0140. The molecule has 4 nitrogen and oxygen atoms in total. The fraction of sp³-hybridized carbons (Fsp3) is 0.643. The molecule has 1 aromatic rings. The number of nitrogens with zero attached hydrogens (tertiary/aromatic N) is 1. The molecule has 112 valence electrons. The van der Waals surface area contributed by atoms with E-state index in [-0.39, 0.29) is 23.4 Å². The van der Waals surface area contributed by atoms with Crippen LogP contribution in [-0.2, 0) is 15.6 Å². The van der Waals surface area contributed by atoms with Gasteiger partial charge in [-0.3, -0.25) is 14.3 Å². The Morgan fingerprint density at radius 3 is 2.70 bits per heavy atom. The van der Waals surface area contributed by atoms with E-state index in [0.29, 0.717) is 6.54 Å². The lowest BCUT2D eigenvalue weighted by molar-refractivity contribution is -0.130. The van der Waals surface area contributed by atoms with Crippen LogP contribution in [0.15, 0.2) is 12.1 Å². The number of hydrogen-bond donors (Lipinski definition) is 1. The highest BCUT2D eigenvalue weighted by Crippen LogP contribution is 2.31. The third-order valence-electron chi connectivity index (χ3n) is 3.71. The second-order valence-electron chi connectivity index (χ2n) is 5.28. The van der Waals surface area contributed by atoms with Crippen LogP contribution in [0.2, 0.25) is 0 Å². The van der Waals surface area contributed by atoms with Gasteiger partial charge in [0.05, 0.1) is 6.04 Å². The number of carbonyl (C=O) groups is 1. The van der Waals surface area contributed by atoms with Gasteiger partial charge in [-0.25, -0.2) is 0 Å². The molecule has 1 saturated heterocycles. The first-order chi connectivity index (χ1) is 9.43. The quantitative estimate of drug-likeness (QED) is 0.905. The molecule has 6 heteroatoms. The Balaban J connectivity index is 2.23. The molecule has 0 radical (unpaired) electrons. The van der Waals surface area contributed by atoms with E-state index in [2.05, 4.69) is 24.4 Å². The standard InChI is InChI=1S/C14H22N2O2S2/c1-5-11-14(17)16(8-10(3)20(4)18)13(15-11)12-7-6-9(2)19-12/h6-7,10-11,13,15H,5,8H2,1-4H3. The topological polar surface area (TPSA) is 49.4 Å². The predicted octanol–water partition coefficient (Wildman–Crippen LogP) is 2.03. The zero-order chi connectivity index (χ0) is 14.9. The summed E-state index contributed by atoms with van der Waals surface area (Å²) in [6.45, 7) is 6.54. The molecule has 1 fully saturated rings. The summed E-state index contributed by atoms with van der Waals surface area (Å²) >= 11 is 1.71. The van der Waals surface area contributed by atoms with E-state index in [9.17, 15) is 9.00 Å². The van der Waals surface area contributed by atoms with Crippen LogP contribution in [0.1, 0.15) is 36.2 Å². The highest BCUT2D eigenvalue weighted by molar-refractivity contribution is 7.84. The molecule has 1 aliphatic rings. The summed E-state index contributed by atoms with van der Waals surface area (Å²) in [5.41, 5.74) is 0. The van der Waals surface area contributed by atoms with Gasteiger partial charge in [-0.05, 0) is 32.4 Å². The monoisotopic (exact) mass is 314 g/mol. The third kappa shape index (κ3) is 3.13. The Morgan fingerprint density at radius 2 is 2.20 bits per heavy atom. The van der Waals surface area contributed by atoms with Crippen molar-refractivity contribution < 1.29 is 9.00 Å². The molecule has 0 aromatic carbocycles. The SMILES string of the molecule is CCC1NC(c2ccc(C)s2)N(CC(C)S(C)=O)C1=O. The molecule has 0 spiro atoms. The van der Waals surface area contributed by atoms with Gasteiger partial charge < -0.3 is 4.90 Å². The Labute approximate surface area is 127 Å². The van der Waals surface area contributed by atoms with Crippen molar-refractivity contribution in [1.29, 1.82) is 0 Å². The smallest absolute Gasteiger partial charge is 0.241 e. The van der Waals surface area contributed by atoms with Crippen molar-refractivity contribution in [2.45, 2.75) is 44.6 Å². The fourth-order valence-corrected chi connectivity index (χ4v) is 3.71. The molecule has 2 rings (SSSR count). The summed E-state index contributed by atoms with van der Waals surface area (Å²) < 4.78 is 11.6. The third-order valence-corrected chi connectivity index (χ3v) is 6.05. The molecule has 0 aliphatic carbocycles. The average Bonchev–Trinajstić information content (AvgIpc) is 2.95. The van der Waals surface area contributed by atoms with E-state index in [4.69, 9.17) is 0 Å². The van der Waals surface area contributed by atoms with Gasteiger partial charge in [0.1, 0.15) is 6.17 Å². The summed E-state index contributed by atoms with van der Waals surface area (Å²) in [5.74, 6) is 0.126. The highest BCUT2D eigenvalue weighted by Gasteiger charge is 2.39. The van der Waals surface area contributed by atoms with Gasteiger partial charge in [0.15, 0.2) is 0 Å². The Kier molecular flexibility index (Phi) is 4.99. The van der Waals surface area contributed by atoms with Crippen LogP contribution in [0.25, 0.3) is 0 Å². The normalized spacial score (nSPS) is 26.0. The molecule has 1 amide bonds. The maximum absolute atomic E-state index is 12.5. The molecule has 0 bridgehead atoms. The second kappa shape index (κ2) is 6.37. The largest absolute Gasteiger partial charge is 0.320 e. The van der Waals surface area contributed by atoms with E-state index >= 15 is 0 Å². The predicted molar refractivity (Wildman–Crippen MR) is 84.3 cm³/mol. The van der Waals surface area contributed by atoms with Crippen LogP contribution in [0, 0.1) is 6.92 Å². The molecule has 1 N–H and O–H groups in total. The Hall–Kier alpha value is -0.720. The van der Waals surface area contributed by atoms with Crippen molar-refractivity contribution in [3.8, 4) is 0 Å². The van der Waals surface area contributed by atoms with Gasteiger partial charge in [0.25, 0.3) is 0 Å². The number of hydrogen-bond acceptors (Lipinski definition) is 4. The van der Waals surface area contributed by atoms with Crippen LogP contribution in [0.3, 0.4) is 0 Å². The molecule has 4 unspecified atom stereocenters. The second-order valence-corrected chi connectivity index (χ2v) is 8.40. The van der Waals surface area contributed by atoms with Crippen LogP contribution in [0.4, 0.5) is 0 Å². The van der Waals surface area contributed by atoms with Gasteiger partial charge in [-0.1, -0.05) is 6.92 Å². The fourth-order valence-electron chi connectivity index (χ4n) is 2.39. The van der Waals surface area contributed by atoms with Crippen molar-refractivity contribution in [3.05, 3.63) is 21.9 Å². The number of rotatable bonds is 5. The first kappa shape index (κ1) is 15.7. The Morgan fingerprint density at radius 1 is 1.50 bits per heavy atom. The van der Waals surface area contributed by atoms with Gasteiger partial charge >= 0.3 is 0 Å². The molecular formula is C14H22N2O2S2. The summed E-state index contributed by atoms with van der Waals surface area (Å²) in [6.07, 6.45) is 2.40. The van der Waals surface area contributed by atoms with E-state index in [1.165, 1.54) is 4.88 Å². The van der Waals surface area contributed by atoms with Crippen molar-refractivity contribution >= 4 is 28.0 Å². The van der Waals surface area contributed by atoms with Gasteiger partial charge in [-0.15, -0.1) is 11.3 Å². The lowest BCUT2D eigenvalue weighted by Gasteiger charge is -2.25. The molecule has 0 saturated carbocycles. The van der Waals surface area contributed by atoms with Gasteiger partial charge in [-0.2, -0.15) is 0 Å². The van der Waals surface area contributed by atoms with Crippen molar-refractivity contribution in [1.82, 2.24) is 10.2 Å². The maximum atomic E-state index is 12.5. The minimum atomic E-state index is -0.919. The van der Waals surface area contributed by atoms with Crippen LogP contribution in [0.5, 0.6) is 0 Å². The molecule has 2 heterocycles. The van der Waals surface area contributed by atoms with Crippen LogP contribution < -0.4 is 5.32 Å². The van der Waals surface area contributed by atoms with E-state index in [1.54, 1.807) is 17.6 Å². The molecule has 1 aromatic heterocycles. The van der Waals surface area contributed by atoms with E-state index in [1.807, 2.05) is 18.7 Å². The zero-order valence-electron chi connectivity index (χ0n) is 12.4. The first-order valence-electron chi connectivity index (χ1n) is 6.89. The summed E-state index contributed by atoms with van der Waals surface area (Å²) in [6, 6.07) is 4.02. The zero-order valence-corrected chi connectivity index (χ0v) is 14.0. The molecule has 20 heavy (non-hydrogen) atoms. The van der Waals surface area contributed by atoms with E-state index < -0.39 is 10.8 Å². The number of thiophene rings is 1. The van der Waals surface area contributed by atoms with Crippen LogP contribution >= 0.6 is 11.3 Å². The minimum Gasteiger partial charge on any atom is -0.320 e. The lowest BCUT2D eigenvalue weighted by Crippen LogP contribution is -2.37. The first-order valence-corrected chi connectivity index (χ1v) is 9.33. The number of amides is 1. The Bertz CT molecular complexity index is 515. The number of aryl methyl sites for hydroxylation is 1. The highest BCUT2D eigenvalue weighted by atomic mass is 32.2.